The van der Waals surface area contributed by atoms with Gasteiger partial charge in [0.1, 0.15) is 0 Å². The van der Waals surface area contributed by atoms with E-state index in [0.717, 1.165) is 33.4 Å². The molecule has 0 unspecified atom stereocenters. The molecule has 2 aromatic carbocycles. The second-order valence-corrected chi connectivity index (χ2v) is 5.25. The molecule has 2 N–H and O–H groups in total. The zero-order valence-corrected chi connectivity index (χ0v) is 12.1. The first-order valence-corrected chi connectivity index (χ1v) is 6.91. The third kappa shape index (κ3) is 2.79. The highest BCUT2D eigenvalue weighted by atomic mass is 16.1. The zero-order valence-electron chi connectivity index (χ0n) is 12.1. The summed E-state index contributed by atoms with van der Waals surface area (Å²) in [6.07, 6.45) is 2.01. The standard InChI is InChI=1S/C17H17N3O/c1-11-4-3-5-12(2)17(11)20-16(21)9-13-6-7-14-15(8-13)19-10-18-14/h3-8,10H,9H2,1-2H3,(H,18,19)(H,20,21). The Hall–Kier alpha value is -2.62. The molecule has 0 fully saturated rings. The number of hydrogen-bond acceptors (Lipinski definition) is 2. The summed E-state index contributed by atoms with van der Waals surface area (Å²) in [6.45, 7) is 4.00. The van der Waals surface area contributed by atoms with E-state index in [9.17, 15) is 4.79 Å². The maximum Gasteiger partial charge on any atom is 0.228 e. The number of benzene rings is 2. The van der Waals surface area contributed by atoms with E-state index in [0.29, 0.717) is 6.42 Å². The highest BCUT2D eigenvalue weighted by molar-refractivity contribution is 5.94. The van der Waals surface area contributed by atoms with Crippen molar-refractivity contribution in [2.45, 2.75) is 20.3 Å². The second kappa shape index (κ2) is 5.40. The van der Waals surface area contributed by atoms with E-state index in [1.54, 1.807) is 6.33 Å². The number of carbonyl (C=O) groups excluding carboxylic acids is 1. The van der Waals surface area contributed by atoms with Gasteiger partial charge in [0, 0.05) is 5.69 Å². The number of aromatic amines is 1. The van der Waals surface area contributed by atoms with Crippen molar-refractivity contribution in [1.29, 1.82) is 0 Å². The first-order valence-electron chi connectivity index (χ1n) is 6.91. The van der Waals surface area contributed by atoms with E-state index in [1.807, 2.05) is 50.2 Å². The molecule has 3 aromatic rings. The van der Waals surface area contributed by atoms with Gasteiger partial charge < -0.3 is 10.3 Å². The predicted octanol–water partition coefficient (Wildman–Crippen LogP) is 3.36. The number of rotatable bonds is 3. The summed E-state index contributed by atoms with van der Waals surface area (Å²) in [6, 6.07) is 11.8. The van der Waals surface area contributed by atoms with Gasteiger partial charge in [-0.3, -0.25) is 4.79 Å². The number of nitrogens with zero attached hydrogens (tertiary/aromatic N) is 1. The fourth-order valence-electron chi connectivity index (χ4n) is 2.47. The largest absolute Gasteiger partial charge is 0.345 e. The SMILES string of the molecule is Cc1cccc(C)c1NC(=O)Cc1ccc2nc[nH]c2c1. The summed E-state index contributed by atoms with van der Waals surface area (Å²) >= 11 is 0. The minimum absolute atomic E-state index is 0.00809. The lowest BCUT2D eigenvalue weighted by Gasteiger charge is -2.11. The number of carbonyl (C=O) groups is 1. The highest BCUT2D eigenvalue weighted by Gasteiger charge is 2.09. The molecule has 1 amide bonds. The molecule has 1 heterocycles. The summed E-state index contributed by atoms with van der Waals surface area (Å²) < 4.78 is 0. The molecule has 0 bridgehead atoms. The molecule has 106 valence electrons. The number of para-hydroxylation sites is 1. The molecule has 4 nitrogen and oxygen atoms in total. The van der Waals surface area contributed by atoms with Crippen LogP contribution in [-0.4, -0.2) is 15.9 Å². The minimum Gasteiger partial charge on any atom is -0.345 e. The maximum absolute atomic E-state index is 12.2. The lowest BCUT2D eigenvalue weighted by Crippen LogP contribution is -2.16. The Kier molecular flexibility index (Phi) is 3.44. The fourth-order valence-corrected chi connectivity index (χ4v) is 2.47. The molecule has 0 saturated heterocycles. The Morgan fingerprint density at radius 1 is 1.19 bits per heavy atom. The number of anilines is 1. The molecular weight excluding hydrogens is 262 g/mol. The van der Waals surface area contributed by atoms with E-state index in [4.69, 9.17) is 0 Å². The number of aromatic nitrogens is 2. The van der Waals surface area contributed by atoms with Gasteiger partial charge in [0.2, 0.25) is 5.91 Å². The third-order valence-electron chi connectivity index (χ3n) is 3.59. The summed E-state index contributed by atoms with van der Waals surface area (Å²) in [7, 11) is 0. The van der Waals surface area contributed by atoms with Crippen LogP contribution in [0.25, 0.3) is 11.0 Å². The average Bonchev–Trinajstić information content (AvgIpc) is 2.90. The van der Waals surface area contributed by atoms with Crippen LogP contribution < -0.4 is 5.32 Å². The number of imidazole rings is 1. The summed E-state index contributed by atoms with van der Waals surface area (Å²) in [5.74, 6) is -0.00809. The lowest BCUT2D eigenvalue weighted by atomic mass is 10.1. The van der Waals surface area contributed by atoms with Crippen molar-refractivity contribution in [2.24, 2.45) is 0 Å². The highest BCUT2D eigenvalue weighted by Crippen LogP contribution is 2.20. The van der Waals surface area contributed by atoms with Gasteiger partial charge in [0.05, 0.1) is 23.8 Å². The smallest absolute Gasteiger partial charge is 0.228 e. The van der Waals surface area contributed by atoms with Gasteiger partial charge in [-0.05, 0) is 42.7 Å². The minimum atomic E-state index is -0.00809. The van der Waals surface area contributed by atoms with Crippen LogP contribution in [0.5, 0.6) is 0 Å². The van der Waals surface area contributed by atoms with Gasteiger partial charge in [0.25, 0.3) is 0 Å². The van der Waals surface area contributed by atoms with Crippen LogP contribution in [0.15, 0.2) is 42.7 Å². The average molecular weight is 279 g/mol. The molecule has 0 aliphatic rings. The van der Waals surface area contributed by atoms with Crippen molar-refractivity contribution in [3.63, 3.8) is 0 Å². The molecular formula is C17H17N3O. The Bertz CT molecular complexity index is 784. The van der Waals surface area contributed by atoms with E-state index in [1.165, 1.54) is 0 Å². The quantitative estimate of drug-likeness (QED) is 0.772. The molecule has 3 rings (SSSR count). The monoisotopic (exact) mass is 279 g/mol. The molecule has 0 atom stereocenters. The van der Waals surface area contributed by atoms with Crippen LogP contribution in [0, 0.1) is 13.8 Å². The Labute approximate surface area is 123 Å². The summed E-state index contributed by atoms with van der Waals surface area (Å²) in [4.78, 5) is 19.5. The number of fused-ring (bicyclic) bond motifs is 1. The van der Waals surface area contributed by atoms with Crippen LogP contribution in [0.3, 0.4) is 0 Å². The first-order chi connectivity index (χ1) is 10.1. The van der Waals surface area contributed by atoms with Crippen LogP contribution in [0.2, 0.25) is 0 Å². The van der Waals surface area contributed by atoms with E-state index < -0.39 is 0 Å². The van der Waals surface area contributed by atoms with E-state index >= 15 is 0 Å². The van der Waals surface area contributed by atoms with Crippen molar-refractivity contribution >= 4 is 22.6 Å². The molecule has 0 aliphatic heterocycles. The Balaban J connectivity index is 1.77. The van der Waals surface area contributed by atoms with Gasteiger partial charge in [-0.25, -0.2) is 4.98 Å². The van der Waals surface area contributed by atoms with Crippen LogP contribution in [-0.2, 0) is 11.2 Å². The van der Waals surface area contributed by atoms with Crippen molar-refractivity contribution in [3.8, 4) is 0 Å². The summed E-state index contributed by atoms with van der Waals surface area (Å²) in [5, 5.41) is 3.00. The number of nitrogens with one attached hydrogen (secondary N) is 2. The topological polar surface area (TPSA) is 57.8 Å². The van der Waals surface area contributed by atoms with E-state index in [-0.39, 0.29) is 5.91 Å². The van der Waals surface area contributed by atoms with Gasteiger partial charge in [-0.15, -0.1) is 0 Å². The molecule has 0 aliphatic carbocycles. The Morgan fingerprint density at radius 3 is 2.71 bits per heavy atom. The lowest BCUT2D eigenvalue weighted by molar-refractivity contribution is -0.115. The predicted molar refractivity (Wildman–Crippen MR) is 84.3 cm³/mol. The molecule has 0 radical (unpaired) electrons. The number of amides is 1. The first kappa shape index (κ1) is 13.4. The molecule has 0 spiro atoms. The van der Waals surface area contributed by atoms with Crippen LogP contribution >= 0.6 is 0 Å². The van der Waals surface area contributed by atoms with Gasteiger partial charge in [-0.1, -0.05) is 24.3 Å². The normalized spacial score (nSPS) is 10.8. The molecule has 21 heavy (non-hydrogen) atoms. The molecule has 1 aromatic heterocycles. The molecule has 4 heteroatoms. The number of hydrogen-bond donors (Lipinski definition) is 2. The maximum atomic E-state index is 12.2. The summed E-state index contributed by atoms with van der Waals surface area (Å²) in [5.41, 5.74) is 5.89. The van der Waals surface area contributed by atoms with Gasteiger partial charge in [-0.2, -0.15) is 0 Å². The van der Waals surface area contributed by atoms with Crippen LogP contribution in [0.4, 0.5) is 5.69 Å². The Morgan fingerprint density at radius 2 is 1.95 bits per heavy atom. The van der Waals surface area contributed by atoms with Gasteiger partial charge >= 0.3 is 0 Å². The van der Waals surface area contributed by atoms with Crippen molar-refractivity contribution in [2.75, 3.05) is 5.32 Å². The van der Waals surface area contributed by atoms with Crippen molar-refractivity contribution in [1.82, 2.24) is 9.97 Å². The van der Waals surface area contributed by atoms with Gasteiger partial charge in [0.15, 0.2) is 0 Å². The van der Waals surface area contributed by atoms with Crippen molar-refractivity contribution in [3.05, 3.63) is 59.4 Å². The van der Waals surface area contributed by atoms with Crippen molar-refractivity contribution < 1.29 is 4.79 Å². The zero-order chi connectivity index (χ0) is 14.8. The number of aryl methyl sites for hydroxylation is 2. The fraction of sp³-hybridized carbons (Fsp3) is 0.176. The van der Waals surface area contributed by atoms with Crippen LogP contribution in [0.1, 0.15) is 16.7 Å². The number of H-pyrrole nitrogens is 1. The second-order valence-electron chi connectivity index (χ2n) is 5.25. The molecule has 0 saturated carbocycles. The van der Waals surface area contributed by atoms with E-state index in [2.05, 4.69) is 15.3 Å². The third-order valence-corrected chi connectivity index (χ3v) is 3.59.